The summed E-state index contributed by atoms with van der Waals surface area (Å²) in [5.74, 6) is -0.211. The number of ether oxygens (including phenoxy) is 1. The molecule has 0 aliphatic carbocycles. The van der Waals surface area contributed by atoms with Gasteiger partial charge in [-0.3, -0.25) is 0 Å². The Morgan fingerprint density at radius 2 is 2.40 bits per heavy atom. The third kappa shape index (κ3) is 1.60. The van der Waals surface area contributed by atoms with E-state index in [1.54, 1.807) is 12.1 Å². The van der Waals surface area contributed by atoms with Crippen LogP contribution in [0.4, 0.5) is 0 Å². The molecule has 0 spiro atoms. The van der Waals surface area contributed by atoms with Gasteiger partial charge in [0.2, 0.25) is 5.76 Å². The smallest absolute Gasteiger partial charge is 0.373 e. The topological polar surface area (TPSA) is 70.9 Å². The molecule has 0 aliphatic heterocycles. The van der Waals surface area contributed by atoms with Gasteiger partial charge < -0.3 is 14.6 Å². The van der Waals surface area contributed by atoms with E-state index in [-0.39, 0.29) is 11.2 Å². The van der Waals surface area contributed by atoms with Crippen LogP contribution in [0.15, 0.2) is 22.8 Å². The van der Waals surface area contributed by atoms with Crippen LogP contribution in [0.2, 0.25) is 0 Å². The van der Waals surface area contributed by atoms with Crippen LogP contribution in [0.3, 0.4) is 0 Å². The van der Waals surface area contributed by atoms with Gasteiger partial charge in [-0.05, 0) is 12.1 Å². The molecule has 1 aromatic heterocycles. The first kappa shape index (κ1) is 8.71. The molecule has 1 aromatic rings. The molecule has 0 atom stereocenters. The largest absolute Gasteiger partial charge is 0.463 e. The van der Waals surface area contributed by atoms with Gasteiger partial charge in [-0.15, -0.1) is 0 Å². The van der Waals surface area contributed by atoms with Crippen molar-refractivity contribution in [2.24, 2.45) is 0 Å². The summed E-state index contributed by atoms with van der Waals surface area (Å²) in [5, 5.41) is 0. The normalized spacial score (nSPS) is 8.10. The summed E-state index contributed by atoms with van der Waals surface area (Å²) in [4.78, 5) is 10.6. The highest BCUT2D eigenvalue weighted by Crippen LogP contribution is 2.00. The number of carbonyl (C=O) groups excluding carboxylic acids is 1. The molecule has 56 valence electrons. The van der Waals surface area contributed by atoms with E-state index >= 15 is 0 Å². The lowest BCUT2D eigenvalue weighted by atomic mass is 10.5. The van der Waals surface area contributed by atoms with Crippen LogP contribution in [0, 0.1) is 0 Å². The van der Waals surface area contributed by atoms with Crippen molar-refractivity contribution >= 4 is 5.97 Å². The summed E-state index contributed by atoms with van der Waals surface area (Å²) in [6.07, 6.45) is 1.42. The van der Waals surface area contributed by atoms with Crippen LogP contribution in [-0.2, 0) is 4.74 Å². The van der Waals surface area contributed by atoms with Gasteiger partial charge in [-0.2, -0.15) is 0 Å². The molecule has 0 fully saturated rings. The van der Waals surface area contributed by atoms with Crippen molar-refractivity contribution in [1.29, 1.82) is 0 Å². The molecule has 0 bridgehead atoms. The average Bonchev–Trinajstić information content (AvgIpc) is 2.37. The van der Waals surface area contributed by atoms with Crippen LogP contribution in [0.1, 0.15) is 10.6 Å². The molecule has 1 heterocycles. The Kier molecular flexibility index (Phi) is 3.21. The van der Waals surface area contributed by atoms with Crippen molar-refractivity contribution in [3.63, 3.8) is 0 Å². The summed E-state index contributed by atoms with van der Waals surface area (Å²) in [5.41, 5.74) is 0. The first-order valence-corrected chi connectivity index (χ1v) is 2.46. The fourth-order valence-electron chi connectivity index (χ4n) is 0.495. The molecule has 2 N–H and O–H groups in total. The summed E-state index contributed by atoms with van der Waals surface area (Å²) >= 11 is 0. The molecule has 0 aromatic carbocycles. The van der Waals surface area contributed by atoms with Crippen molar-refractivity contribution in [1.82, 2.24) is 0 Å². The van der Waals surface area contributed by atoms with E-state index in [0.717, 1.165) is 0 Å². The van der Waals surface area contributed by atoms with Crippen molar-refractivity contribution in [2.45, 2.75) is 0 Å². The Labute approximate surface area is 57.7 Å². The molecular formula is C6H8O4. The Morgan fingerprint density at radius 1 is 1.70 bits per heavy atom. The second kappa shape index (κ2) is 3.68. The molecule has 0 radical (unpaired) electrons. The zero-order valence-corrected chi connectivity index (χ0v) is 5.46. The van der Waals surface area contributed by atoms with E-state index in [9.17, 15) is 4.79 Å². The van der Waals surface area contributed by atoms with Crippen LogP contribution >= 0.6 is 0 Å². The highest BCUT2D eigenvalue weighted by molar-refractivity contribution is 5.85. The maximum Gasteiger partial charge on any atom is 0.373 e. The number of methoxy groups -OCH3 is 1. The van der Waals surface area contributed by atoms with Gasteiger partial charge >= 0.3 is 5.97 Å². The molecular weight excluding hydrogens is 136 g/mol. The minimum atomic E-state index is -0.444. The summed E-state index contributed by atoms with van der Waals surface area (Å²) in [6.45, 7) is 0. The predicted molar refractivity (Wildman–Crippen MR) is 33.7 cm³/mol. The number of hydrogen-bond acceptors (Lipinski definition) is 3. The van der Waals surface area contributed by atoms with Gasteiger partial charge in [0.25, 0.3) is 0 Å². The van der Waals surface area contributed by atoms with Crippen LogP contribution < -0.4 is 0 Å². The van der Waals surface area contributed by atoms with Crippen molar-refractivity contribution in [2.75, 3.05) is 7.11 Å². The van der Waals surface area contributed by atoms with Crippen LogP contribution in [0.5, 0.6) is 0 Å². The van der Waals surface area contributed by atoms with Gasteiger partial charge in [0.1, 0.15) is 0 Å². The molecule has 1 rings (SSSR count). The van der Waals surface area contributed by atoms with Crippen molar-refractivity contribution in [3.8, 4) is 0 Å². The fraction of sp³-hybridized carbons (Fsp3) is 0.167. The van der Waals surface area contributed by atoms with Gasteiger partial charge in [0.15, 0.2) is 0 Å². The van der Waals surface area contributed by atoms with Gasteiger partial charge in [0, 0.05) is 0 Å². The molecule has 10 heavy (non-hydrogen) atoms. The van der Waals surface area contributed by atoms with Crippen molar-refractivity contribution < 1.29 is 19.4 Å². The molecule has 0 amide bonds. The standard InChI is InChI=1S/C6H6O3.H2O/c1-8-6(7)5-3-2-4-9-5;/h2-4H,1H3;1H2. The summed E-state index contributed by atoms with van der Waals surface area (Å²) in [7, 11) is 1.31. The SMILES string of the molecule is COC(=O)c1ccco1.O. The van der Waals surface area contributed by atoms with E-state index in [1.807, 2.05) is 0 Å². The van der Waals surface area contributed by atoms with Gasteiger partial charge in [0.05, 0.1) is 13.4 Å². The van der Waals surface area contributed by atoms with E-state index in [2.05, 4.69) is 4.74 Å². The van der Waals surface area contributed by atoms with E-state index in [4.69, 9.17) is 4.42 Å². The maximum atomic E-state index is 10.6. The minimum Gasteiger partial charge on any atom is -0.463 e. The zero-order valence-electron chi connectivity index (χ0n) is 5.46. The van der Waals surface area contributed by atoms with Crippen LogP contribution in [-0.4, -0.2) is 18.6 Å². The Hall–Kier alpha value is -1.29. The first-order chi connectivity index (χ1) is 4.34. The number of hydrogen-bond donors (Lipinski definition) is 0. The second-order valence-electron chi connectivity index (χ2n) is 1.47. The number of carbonyl (C=O) groups is 1. The molecule has 0 aliphatic rings. The fourth-order valence-corrected chi connectivity index (χ4v) is 0.495. The van der Waals surface area contributed by atoms with Gasteiger partial charge in [-0.1, -0.05) is 0 Å². The predicted octanol–water partition coefficient (Wildman–Crippen LogP) is 0.241. The number of rotatable bonds is 1. The molecule has 0 unspecified atom stereocenters. The van der Waals surface area contributed by atoms with Crippen LogP contribution in [0.25, 0.3) is 0 Å². The molecule has 4 nitrogen and oxygen atoms in total. The highest BCUT2D eigenvalue weighted by Gasteiger charge is 2.05. The molecule has 0 saturated carbocycles. The lowest BCUT2D eigenvalue weighted by molar-refractivity contribution is 0.0565. The number of furan rings is 1. The first-order valence-electron chi connectivity index (χ1n) is 2.46. The zero-order chi connectivity index (χ0) is 6.69. The third-order valence-corrected chi connectivity index (χ3v) is 0.908. The molecule has 4 heteroatoms. The highest BCUT2D eigenvalue weighted by atomic mass is 16.5. The lowest BCUT2D eigenvalue weighted by Crippen LogP contribution is -1.97. The van der Waals surface area contributed by atoms with Crippen molar-refractivity contribution in [3.05, 3.63) is 24.2 Å². The number of esters is 1. The third-order valence-electron chi connectivity index (χ3n) is 0.908. The Bertz CT molecular complexity index is 190. The Morgan fingerprint density at radius 3 is 2.80 bits per heavy atom. The second-order valence-corrected chi connectivity index (χ2v) is 1.47. The lowest BCUT2D eigenvalue weighted by Gasteiger charge is -1.89. The van der Waals surface area contributed by atoms with E-state index in [0.29, 0.717) is 0 Å². The Balaban J connectivity index is 0.000000810. The summed E-state index contributed by atoms with van der Waals surface area (Å²) < 4.78 is 9.07. The minimum absolute atomic E-state index is 0. The summed E-state index contributed by atoms with van der Waals surface area (Å²) in [6, 6.07) is 3.18. The quantitative estimate of drug-likeness (QED) is 0.530. The molecule has 0 saturated heterocycles. The monoisotopic (exact) mass is 144 g/mol. The average molecular weight is 144 g/mol. The van der Waals surface area contributed by atoms with E-state index in [1.165, 1.54) is 13.4 Å². The van der Waals surface area contributed by atoms with E-state index < -0.39 is 5.97 Å². The maximum absolute atomic E-state index is 10.6. The van der Waals surface area contributed by atoms with Gasteiger partial charge in [-0.25, -0.2) is 4.79 Å².